The number of aryl methyl sites for hydroxylation is 1. The summed E-state index contributed by atoms with van der Waals surface area (Å²) < 4.78 is 1.76. The highest BCUT2D eigenvalue weighted by Crippen LogP contribution is 2.25. The summed E-state index contributed by atoms with van der Waals surface area (Å²) in [5.74, 6) is -2.81. The predicted octanol–water partition coefficient (Wildman–Crippen LogP) is 0.216. The Morgan fingerprint density at radius 2 is 2.14 bits per heavy atom. The molecular formula is C12H10BrN3O5. The molecule has 0 aliphatic carbocycles. The van der Waals surface area contributed by atoms with Crippen LogP contribution < -0.4 is 10.9 Å². The summed E-state index contributed by atoms with van der Waals surface area (Å²) in [6, 6.07) is 1.57. The van der Waals surface area contributed by atoms with E-state index in [1.165, 1.54) is 13.2 Å². The molecule has 0 atom stereocenters. The van der Waals surface area contributed by atoms with Gasteiger partial charge in [-0.1, -0.05) is 0 Å². The minimum absolute atomic E-state index is 0.0702. The van der Waals surface area contributed by atoms with Crippen molar-refractivity contribution in [1.29, 1.82) is 0 Å². The first-order valence-electron chi connectivity index (χ1n) is 5.70. The number of carboxylic acids is 1. The Kier molecular flexibility index (Phi) is 3.94. The summed E-state index contributed by atoms with van der Waals surface area (Å²) in [5, 5.41) is 20.6. The minimum Gasteiger partial charge on any atom is -0.505 e. The normalized spacial score (nSPS) is 10.6. The fourth-order valence-electron chi connectivity index (χ4n) is 1.81. The highest BCUT2D eigenvalue weighted by molar-refractivity contribution is 9.10. The van der Waals surface area contributed by atoms with Crippen molar-refractivity contribution in [2.45, 2.75) is 0 Å². The van der Waals surface area contributed by atoms with Crippen molar-refractivity contribution in [3.8, 4) is 5.75 Å². The van der Waals surface area contributed by atoms with Crippen LogP contribution >= 0.6 is 15.9 Å². The van der Waals surface area contributed by atoms with Gasteiger partial charge < -0.3 is 20.1 Å². The van der Waals surface area contributed by atoms with Gasteiger partial charge in [0.05, 0.1) is 5.52 Å². The SMILES string of the molecule is Cn1c(=O)c(C(=O)NCC(=O)O)c(O)c2ncc(Br)cc21. The molecule has 3 N–H and O–H groups in total. The average Bonchev–Trinajstić information content (AvgIpc) is 2.42. The summed E-state index contributed by atoms with van der Waals surface area (Å²) in [6.07, 6.45) is 1.41. The Labute approximate surface area is 126 Å². The summed E-state index contributed by atoms with van der Waals surface area (Å²) in [6.45, 7) is -0.659. The van der Waals surface area contributed by atoms with E-state index in [1.807, 2.05) is 5.32 Å². The zero-order chi connectivity index (χ0) is 15.7. The van der Waals surface area contributed by atoms with Gasteiger partial charge in [-0.25, -0.2) is 4.98 Å². The molecule has 0 spiro atoms. The molecule has 0 aromatic carbocycles. The molecule has 0 bridgehead atoms. The van der Waals surface area contributed by atoms with E-state index < -0.39 is 35.3 Å². The van der Waals surface area contributed by atoms with Crippen LogP contribution in [0.2, 0.25) is 0 Å². The second-order valence-corrected chi connectivity index (χ2v) is 5.10. The van der Waals surface area contributed by atoms with Crippen LogP contribution in [0.25, 0.3) is 11.0 Å². The maximum Gasteiger partial charge on any atom is 0.322 e. The number of carbonyl (C=O) groups excluding carboxylic acids is 1. The Morgan fingerprint density at radius 1 is 1.48 bits per heavy atom. The second-order valence-electron chi connectivity index (χ2n) is 4.19. The molecule has 2 heterocycles. The van der Waals surface area contributed by atoms with Crippen molar-refractivity contribution < 1.29 is 19.8 Å². The number of carboxylic acid groups (broad SMARTS) is 1. The van der Waals surface area contributed by atoms with Gasteiger partial charge >= 0.3 is 5.97 Å². The largest absolute Gasteiger partial charge is 0.505 e. The molecule has 2 rings (SSSR count). The van der Waals surface area contributed by atoms with Crippen LogP contribution in [-0.2, 0) is 11.8 Å². The molecule has 21 heavy (non-hydrogen) atoms. The van der Waals surface area contributed by atoms with E-state index in [2.05, 4.69) is 20.9 Å². The fraction of sp³-hybridized carbons (Fsp3) is 0.167. The molecule has 2 aromatic rings. The summed E-state index contributed by atoms with van der Waals surface area (Å²) >= 11 is 3.20. The number of halogens is 1. The maximum absolute atomic E-state index is 12.2. The van der Waals surface area contributed by atoms with E-state index >= 15 is 0 Å². The Balaban J connectivity index is 2.65. The van der Waals surface area contributed by atoms with Gasteiger partial charge in [0.15, 0.2) is 5.75 Å². The first-order valence-corrected chi connectivity index (χ1v) is 6.49. The van der Waals surface area contributed by atoms with E-state index in [4.69, 9.17) is 5.11 Å². The van der Waals surface area contributed by atoms with Crippen molar-refractivity contribution in [3.63, 3.8) is 0 Å². The minimum atomic E-state index is -1.26. The number of hydrogen-bond acceptors (Lipinski definition) is 5. The van der Waals surface area contributed by atoms with Gasteiger partial charge in [-0.15, -0.1) is 0 Å². The lowest BCUT2D eigenvalue weighted by molar-refractivity contribution is -0.135. The third-order valence-corrected chi connectivity index (χ3v) is 3.24. The van der Waals surface area contributed by atoms with Crippen LogP contribution in [0.4, 0.5) is 0 Å². The number of aromatic nitrogens is 2. The van der Waals surface area contributed by atoms with Gasteiger partial charge in [-0.05, 0) is 22.0 Å². The van der Waals surface area contributed by atoms with Crippen molar-refractivity contribution in [2.24, 2.45) is 7.05 Å². The number of hydrogen-bond donors (Lipinski definition) is 3. The highest BCUT2D eigenvalue weighted by atomic mass is 79.9. The van der Waals surface area contributed by atoms with Gasteiger partial charge in [0.2, 0.25) is 0 Å². The number of nitrogens with zero attached hydrogens (tertiary/aromatic N) is 2. The molecule has 0 saturated heterocycles. The van der Waals surface area contributed by atoms with Gasteiger partial charge in [0.25, 0.3) is 11.5 Å². The quantitative estimate of drug-likeness (QED) is 0.723. The van der Waals surface area contributed by atoms with Crippen LogP contribution in [0, 0.1) is 0 Å². The monoisotopic (exact) mass is 355 g/mol. The number of nitrogens with one attached hydrogen (secondary N) is 1. The summed E-state index contributed by atoms with van der Waals surface area (Å²) in [5.41, 5.74) is -0.883. The molecule has 9 heteroatoms. The predicted molar refractivity (Wildman–Crippen MR) is 76.3 cm³/mol. The molecule has 0 fully saturated rings. The molecular weight excluding hydrogens is 346 g/mol. The molecule has 0 saturated carbocycles. The molecule has 0 aliphatic rings. The van der Waals surface area contributed by atoms with Gasteiger partial charge in [0.1, 0.15) is 17.6 Å². The standard InChI is InChI=1S/C12H10BrN3O5/c1-16-6-2-5(13)3-14-9(6)10(19)8(12(16)21)11(20)15-4-7(17)18/h2-3,19H,4H2,1H3,(H,15,20)(H,17,18). The van der Waals surface area contributed by atoms with Crippen LogP contribution in [0.3, 0.4) is 0 Å². The Hall–Kier alpha value is -2.42. The van der Waals surface area contributed by atoms with Crippen molar-refractivity contribution in [1.82, 2.24) is 14.9 Å². The molecule has 8 nitrogen and oxygen atoms in total. The van der Waals surface area contributed by atoms with Crippen LogP contribution in [0.5, 0.6) is 5.75 Å². The summed E-state index contributed by atoms with van der Waals surface area (Å²) in [4.78, 5) is 38.4. The van der Waals surface area contributed by atoms with E-state index in [-0.39, 0.29) is 5.52 Å². The third kappa shape index (κ3) is 2.72. The molecule has 0 aliphatic heterocycles. The van der Waals surface area contributed by atoms with E-state index in [0.29, 0.717) is 9.99 Å². The van der Waals surface area contributed by atoms with Crippen LogP contribution in [-0.4, -0.2) is 38.2 Å². The van der Waals surface area contributed by atoms with Crippen LogP contribution in [0.15, 0.2) is 21.5 Å². The van der Waals surface area contributed by atoms with Crippen molar-refractivity contribution >= 4 is 38.8 Å². The van der Waals surface area contributed by atoms with E-state index in [1.54, 1.807) is 6.07 Å². The maximum atomic E-state index is 12.2. The lowest BCUT2D eigenvalue weighted by atomic mass is 10.2. The fourth-order valence-corrected chi connectivity index (χ4v) is 2.13. The number of rotatable bonds is 3. The van der Waals surface area contributed by atoms with E-state index in [9.17, 15) is 19.5 Å². The third-order valence-electron chi connectivity index (χ3n) is 2.80. The zero-order valence-electron chi connectivity index (χ0n) is 10.8. The van der Waals surface area contributed by atoms with Gasteiger partial charge in [-0.2, -0.15) is 0 Å². The first-order chi connectivity index (χ1) is 9.82. The lowest BCUT2D eigenvalue weighted by Gasteiger charge is -2.11. The number of carbonyl (C=O) groups is 2. The second kappa shape index (κ2) is 5.52. The average molecular weight is 356 g/mol. The van der Waals surface area contributed by atoms with Crippen molar-refractivity contribution in [3.05, 3.63) is 32.7 Å². The Morgan fingerprint density at radius 3 is 2.76 bits per heavy atom. The smallest absolute Gasteiger partial charge is 0.322 e. The number of aliphatic carboxylic acids is 1. The van der Waals surface area contributed by atoms with Gasteiger partial charge in [0, 0.05) is 17.7 Å². The summed E-state index contributed by atoms with van der Waals surface area (Å²) in [7, 11) is 1.42. The lowest BCUT2D eigenvalue weighted by Crippen LogP contribution is -2.35. The number of fused-ring (bicyclic) bond motifs is 1. The van der Waals surface area contributed by atoms with Crippen LogP contribution in [0.1, 0.15) is 10.4 Å². The molecule has 1 amide bonds. The molecule has 0 unspecified atom stereocenters. The topological polar surface area (TPSA) is 122 Å². The molecule has 110 valence electrons. The van der Waals surface area contributed by atoms with E-state index in [0.717, 1.165) is 4.57 Å². The Bertz CT molecular complexity index is 815. The highest BCUT2D eigenvalue weighted by Gasteiger charge is 2.22. The van der Waals surface area contributed by atoms with Gasteiger partial charge in [-0.3, -0.25) is 14.4 Å². The number of pyridine rings is 2. The molecule has 0 radical (unpaired) electrons. The molecule has 2 aromatic heterocycles. The number of aromatic hydroxyl groups is 1. The first kappa shape index (κ1) is 15.0. The van der Waals surface area contributed by atoms with Crippen molar-refractivity contribution in [2.75, 3.05) is 6.54 Å². The number of amides is 1. The zero-order valence-corrected chi connectivity index (χ0v) is 12.3.